The van der Waals surface area contributed by atoms with Crippen LogP contribution in [-0.2, 0) is 16.2 Å². The largest absolute Gasteiger partial charge is 0.494 e. The second-order valence-electron chi connectivity index (χ2n) is 7.07. The van der Waals surface area contributed by atoms with E-state index in [4.69, 9.17) is 9.57 Å². The van der Waals surface area contributed by atoms with E-state index in [1.54, 1.807) is 13.1 Å². The predicted octanol–water partition coefficient (Wildman–Crippen LogP) is 3.17. The SMILES string of the molecule is CCOc1ccc(/C=N\O[C@H](C)C(=O)N2CCN(Cc3ccccc3)CC2)cc1. The molecule has 3 rings (SSSR count). The number of piperazine rings is 1. The average Bonchev–Trinajstić information content (AvgIpc) is 2.76. The molecule has 1 fully saturated rings. The van der Waals surface area contributed by atoms with Crippen molar-refractivity contribution in [3.63, 3.8) is 0 Å². The standard InChI is InChI=1S/C23H29N3O3/c1-3-28-22-11-9-20(10-12-22)17-24-29-19(2)23(27)26-15-13-25(14-16-26)18-21-7-5-4-6-8-21/h4-12,17,19H,3,13-16,18H2,1-2H3/b24-17-/t19-/m1/s1. The smallest absolute Gasteiger partial charge is 0.266 e. The van der Waals surface area contributed by atoms with Gasteiger partial charge in [0.05, 0.1) is 12.8 Å². The molecule has 6 heteroatoms. The molecule has 0 radical (unpaired) electrons. The zero-order valence-electron chi connectivity index (χ0n) is 17.2. The van der Waals surface area contributed by atoms with Crippen molar-refractivity contribution in [2.75, 3.05) is 32.8 Å². The maximum Gasteiger partial charge on any atom is 0.266 e. The number of rotatable bonds is 8. The minimum atomic E-state index is -0.602. The number of hydrogen-bond acceptors (Lipinski definition) is 5. The van der Waals surface area contributed by atoms with Crippen LogP contribution in [0.3, 0.4) is 0 Å². The quantitative estimate of drug-likeness (QED) is 0.509. The van der Waals surface area contributed by atoms with Crippen LogP contribution in [0.25, 0.3) is 0 Å². The summed E-state index contributed by atoms with van der Waals surface area (Å²) in [4.78, 5) is 22.2. The first-order valence-corrected chi connectivity index (χ1v) is 10.1. The highest BCUT2D eigenvalue weighted by Gasteiger charge is 2.26. The molecule has 6 nitrogen and oxygen atoms in total. The number of ether oxygens (including phenoxy) is 1. The van der Waals surface area contributed by atoms with Crippen molar-refractivity contribution in [3.05, 3.63) is 65.7 Å². The van der Waals surface area contributed by atoms with Gasteiger partial charge in [0.15, 0.2) is 0 Å². The van der Waals surface area contributed by atoms with Crippen LogP contribution in [0.5, 0.6) is 5.75 Å². The Kier molecular flexibility index (Phi) is 7.64. The minimum absolute atomic E-state index is 0.0202. The summed E-state index contributed by atoms with van der Waals surface area (Å²) in [6.07, 6.45) is 1.01. The molecule has 1 heterocycles. The molecule has 0 unspecified atom stereocenters. The first-order chi connectivity index (χ1) is 14.2. The first kappa shape index (κ1) is 20.9. The molecule has 0 spiro atoms. The summed E-state index contributed by atoms with van der Waals surface area (Å²) < 4.78 is 5.41. The van der Waals surface area contributed by atoms with Crippen molar-refractivity contribution in [2.45, 2.75) is 26.5 Å². The summed E-state index contributed by atoms with van der Waals surface area (Å²) in [5.74, 6) is 0.800. The van der Waals surface area contributed by atoms with E-state index < -0.39 is 6.10 Å². The number of oxime groups is 1. The van der Waals surface area contributed by atoms with E-state index in [2.05, 4.69) is 34.3 Å². The van der Waals surface area contributed by atoms with Gasteiger partial charge in [-0.05, 0) is 49.2 Å². The molecule has 0 aliphatic carbocycles. The van der Waals surface area contributed by atoms with Gasteiger partial charge in [0, 0.05) is 32.7 Å². The van der Waals surface area contributed by atoms with Crippen molar-refractivity contribution < 1.29 is 14.4 Å². The normalized spacial score (nSPS) is 16.0. The summed E-state index contributed by atoms with van der Waals surface area (Å²) in [5, 5.41) is 3.98. The number of benzene rings is 2. The fourth-order valence-electron chi connectivity index (χ4n) is 3.27. The van der Waals surface area contributed by atoms with E-state index >= 15 is 0 Å². The Morgan fingerprint density at radius 3 is 2.41 bits per heavy atom. The molecule has 2 aromatic carbocycles. The molecule has 1 amide bonds. The molecule has 1 saturated heterocycles. The number of hydrogen-bond donors (Lipinski definition) is 0. The van der Waals surface area contributed by atoms with Gasteiger partial charge in [-0.25, -0.2) is 0 Å². The number of carbonyl (C=O) groups is 1. The van der Waals surface area contributed by atoms with Gasteiger partial charge in [0.2, 0.25) is 6.10 Å². The highest BCUT2D eigenvalue weighted by atomic mass is 16.6. The zero-order valence-corrected chi connectivity index (χ0v) is 17.2. The maximum absolute atomic E-state index is 12.6. The lowest BCUT2D eigenvalue weighted by atomic mass is 10.2. The lowest BCUT2D eigenvalue weighted by molar-refractivity contribution is -0.144. The molecular formula is C23H29N3O3. The van der Waals surface area contributed by atoms with Crippen LogP contribution < -0.4 is 4.74 Å². The molecule has 0 N–H and O–H groups in total. The molecule has 0 aromatic heterocycles. The monoisotopic (exact) mass is 395 g/mol. The first-order valence-electron chi connectivity index (χ1n) is 10.1. The molecular weight excluding hydrogens is 366 g/mol. The number of amides is 1. The summed E-state index contributed by atoms with van der Waals surface area (Å²) in [6.45, 7) is 8.40. The molecule has 29 heavy (non-hydrogen) atoms. The van der Waals surface area contributed by atoms with Gasteiger partial charge in [0.1, 0.15) is 5.75 Å². The highest BCUT2D eigenvalue weighted by molar-refractivity contribution is 5.81. The Labute approximate surface area is 172 Å². The van der Waals surface area contributed by atoms with Crippen LogP contribution in [0.2, 0.25) is 0 Å². The van der Waals surface area contributed by atoms with E-state index in [-0.39, 0.29) is 5.91 Å². The van der Waals surface area contributed by atoms with E-state index in [0.717, 1.165) is 30.9 Å². The second kappa shape index (κ2) is 10.6. The third-order valence-electron chi connectivity index (χ3n) is 4.89. The van der Waals surface area contributed by atoms with Crippen LogP contribution >= 0.6 is 0 Å². The molecule has 1 aliphatic heterocycles. The van der Waals surface area contributed by atoms with Crippen LogP contribution in [0, 0.1) is 0 Å². The van der Waals surface area contributed by atoms with Crippen LogP contribution in [0.15, 0.2) is 59.8 Å². The van der Waals surface area contributed by atoms with Crippen molar-refractivity contribution in [3.8, 4) is 5.75 Å². The lowest BCUT2D eigenvalue weighted by Crippen LogP contribution is -2.50. The summed E-state index contributed by atoms with van der Waals surface area (Å²) >= 11 is 0. The van der Waals surface area contributed by atoms with Crippen LogP contribution in [0.4, 0.5) is 0 Å². The summed E-state index contributed by atoms with van der Waals surface area (Å²) in [7, 11) is 0. The van der Waals surface area contributed by atoms with Gasteiger partial charge in [-0.15, -0.1) is 0 Å². The Hall–Kier alpha value is -2.86. The predicted molar refractivity (Wildman–Crippen MR) is 114 cm³/mol. The van der Waals surface area contributed by atoms with E-state index in [9.17, 15) is 4.79 Å². The lowest BCUT2D eigenvalue weighted by Gasteiger charge is -2.35. The minimum Gasteiger partial charge on any atom is -0.494 e. The van der Waals surface area contributed by atoms with Crippen molar-refractivity contribution in [2.24, 2.45) is 5.16 Å². The Bertz CT molecular complexity index is 785. The van der Waals surface area contributed by atoms with E-state index in [1.807, 2.05) is 42.2 Å². The molecule has 1 aliphatic rings. The van der Waals surface area contributed by atoms with Crippen LogP contribution in [-0.4, -0.2) is 60.8 Å². The third-order valence-corrected chi connectivity index (χ3v) is 4.89. The number of nitrogens with zero attached hydrogens (tertiary/aromatic N) is 3. The second-order valence-corrected chi connectivity index (χ2v) is 7.07. The number of carbonyl (C=O) groups excluding carboxylic acids is 1. The highest BCUT2D eigenvalue weighted by Crippen LogP contribution is 2.12. The maximum atomic E-state index is 12.6. The summed E-state index contributed by atoms with van der Waals surface area (Å²) in [6, 6.07) is 18.0. The molecule has 0 bridgehead atoms. The van der Waals surface area contributed by atoms with Gasteiger partial charge < -0.3 is 14.5 Å². The molecule has 0 saturated carbocycles. The average molecular weight is 396 g/mol. The van der Waals surface area contributed by atoms with Gasteiger partial charge in [0.25, 0.3) is 5.91 Å². The van der Waals surface area contributed by atoms with E-state index in [1.165, 1.54) is 5.56 Å². The topological polar surface area (TPSA) is 54.4 Å². The van der Waals surface area contributed by atoms with Crippen LogP contribution in [0.1, 0.15) is 25.0 Å². The Morgan fingerprint density at radius 2 is 1.76 bits per heavy atom. The fourth-order valence-corrected chi connectivity index (χ4v) is 3.27. The zero-order chi connectivity index (χ0) is 20.5. The Morgan fingerprint density at radius 1 is 1.07 bits per heavy atom. The Balaban J connectivity index is 1.42. The fraction of sp³-hybridized carbons (Fsp3) is 0.391. The van der Waals surface area contributed by atoms with Gasteiger partial charge >= 0.3 is 0 Å². The van der Waals surface area contributed by atoms with E-state index in [0.29, 0.717) is 19.7 Å². The van der Waals surface area contributed by atoms with Crippen molar-refractivity contribution in [1.29, 1.82) is 0 Å². The molecule has 2 aromatic rings. The molecule has 1 atom stereocenters. The third kappa shape index (κ3) is 6.32. The van der Waals surface area contributed by atoms with Crippen molar-refractivity contribution >= 4 is 12.1 Å². The van der Waals surface area contributed by atoms with Crippen molar-refractivity contribution in [1.82, 2.24) is 9.80 Å². The summed E-state index contributed by atoms with van der Waals surface area (Å²) in [5.41, 5.74) is 2.19. The molecule has 154 valence electrons. The van der Waals surface area contributed by atoms with Gasteiger partial charge in [-0.2, -0.15) is 0 Å². The van der Waals surface area contributed by atoms with Gasteiger partial charge in [-0.3, -0.25) is 9.69 Å². The van der Waals surface area contributed by atoms with Gasteiger partial charge in [-0.1, -0.05) is 35.5 Å².